The minimum absolute atomic E-state index is 0.170. The van der Waals surface area contributed by atoms with Gasteiger partial charge in [-0.25, -0.2) is 9.37 Å². The Bertz CT molecular complexity index is 674. The number of para-hydroxylation sites is 1. The molecule has 1 aromatic carbocycles. The number of hydrogen-bond acceptors (Lipinski definition) is 5. The number of halogens is 1. The van der Waals surface area contributed by atoms with Gasteiger partial charge < -0.3 is 10.2 Å². The highest BCUT2D eigenvalue weighted by molar-refractivity contribution is 5.90. The summed E-state index contributed by atoms with van der Waals surface area (Å²) in [6, 6.07) is 6.19. The Hall–Kier alpha value is -2.54. The van der Waals surface area contributed by atoms with E-state index < -0.39 is 5.82 Å². The molecule has 1 aliphatic heterocycles. The molecule has 0 spiro atoms. The van der Waals surface area contributed by atoms with Gasteiger partial charge in [-0.05, 0) is 12.1 Å². The van der Waals surface area contributed by atoms with Gasteiger partial charge in [-0.2, -0.15) is 0 Å². The summed E-state index contributed by atoms with van der Waals surface area (Å²) in [4.78, 5) is 24.8. The van der Waals surface area contributed by atoms with E-state index in [9.17, 15) is 9.18 Å². The second kappa shape index (κ2) is 7.83. The van der Waals surface area contributed by atoms with Gasteiger partial charge in [-0.3, -0.25) is 14.7 Å². The molecule has 0 aliphatic carbocycles. The van der Waals surface area contributed by atoms with E-state index in [4.69, 9.17) is 0 Å². The summed E-state index contributed by atoms with van der Waals surface area (Å²) in [6.07, 6.45) is 5.46. The highest BCUT2D eigenvalue weighted by Crippen LogP contribution is 2.14. The normalized spacial score (nSPS) is 15.3. The van der Waals surface area contributed by atoms with Crippen LogP contribution in [-0.2, 0) is 4.79 Å². The van der Waals surface area contributed by atoms with E-state index in [0.717, 1.165) is 32.0 Å². The number of rotatable bonds is 5. The summed E-state index contributed by atoms with van der Waals surface area (Å²) < 4.78 is 13.5. The van der Waals surface area contributed by atoms with Crippen LogP contribution in [0, 0.1) is 5.82 Å². The van der Waals surface area contributed by atoms with Crippen LogP contribution in [0.1, 0.15) is 6.42 Å². The number of nitrogens with zero attached hydrogens (tertiary/aromatic N) is 4. The highest BCUT2D eigenvalue weighted by Gasteiger charge is 2.18. The van der Waals surface area contributed by atoms with Gasteiger partial charge in [0.2, 0.25) is 5.91 Å². The van der Waals surface area contributed by atoms with E-state index in [1.165, 1.54) is 6.07 Å². The van der Waals surface area contributed by atoms with E-state index in [1.54, 1.807) is 36.8 Å². The van der Waals surface area contributed by atoms with Gasteiger partial charge in [0.15, 0.2) is 0 Å². The van der Waals surface area contributed by atoms with Crippen molar-refractivity contribution in [3.05, 3.63) is 48.7 Å². The summed E-state index contributed by atoms with van der Waals surface area (Å²) in [6.45, 7) is 4.10. The zero-order chi connectivity index (χ0) is 16.8. The molecule has 1 fully saturated rings. The van der Waals surface area contributed by atoms with E-state index in [2.05, 4.69) is 25.1 Å². The average molecular weight is 329 g/mol. The molecule has 126 valence electrons. The van der Waals surface area contributed by atoms with Crippen LogP contribution in [0.3, 0.4) is 0 Å². The molecule has 1 saturated heterocycles. The first-order valence-electron chi connectivity index (χ1n) is 8.00. The van der Waals surface area contributed by atoms with Gasteiger partial charge >= 0.3 is 0 Å². The van der Waals surface area contributed by atoms with Gasteiger partial charge in [0.05, 0.1) is 11.9 Å². The summed E-state index contributed by atoms with van der Waals surface area (Å²) >= 11 is 0. The maximum Gasteiger partial charge on any atom is 0.225 e. The van der Waals surface area contributed by atoms with E-state index in [1.807, 2.05) is 0 Å². The fraction of sp³-hybridized carbons (Fsp3) is 0.353. The number of hydrogen-bond donors (Lipinski definition) is 1. The Morgan fingerprint density at radius 1 is 1.17 bits per heavy atom. The zero-order valence-corrected chi connectivity index (χ0v) is 13.4. The molecule has 0 saturated carbocycles. The summed E-state index contributed by atoms with van der Waals surface area (Å²) in [7, 11) is 0. The maximum absolute atomic E-state index is 13.5. The highest BCUT2D eigenvalue weighted by atomic mass is 19.1. The van der Waals surface area contributed by atoms with Gasteiger partial charge in [-0.15, -0.1) is 0 Å². The van der Waals surface area contributed by atoms with Crippen LogP contribution >= 0.6 is 0 Å². The predicted molar refractivity (Wildman–Crippen MR) is 90.3 cm³/mol. The van der Waals surface area contributed by atoms with E-state index >= 15 is 0 Å². The third kappa shape index (κ3) is 4.26. The van der Waals surface area contributed by atoms with Crippen LogP contribution in [0.15, 0.2) is 42.9 Å². The number of benzene rings is 1. The lowest BCUT2D eigenvalue weighted by molar-refractivity contribution is -0.116. The summed E-state index contributed by atoms with van der Waals surface area (Å²) in [5.74, 6) is 0.300. The van der Waals surface area contributed by atoms with Crippen molar-refractivity contribution in [2.75, 3.05) is 42.9 Å². The predicted octanol–water partition coefficient (Wildman–Crippen LogP) is 1.77. The number of nitrogens with one attached hydrogen (secondary N) is 1. The molecule has 1 N–H and O–H groups in total. The molecule has 0 bridgehead atoms. The van der Waals surface area contributed by atoms with Crippen LogP contribution in [0.4, 0.5) is 15.9 Å². The van der Waals surface area contributed by atoms with Crippen molar-refractivity contribution in [3.8, 4) is 0 Å². The largest absolute Gasteiger partial charge is 0.353 e. The fourth-order valence-corrected chi connectivity index (χ4v) is 2.69. The van der Waals surface area contributed by atoms with Crippen LogP contribution < -0.4 is 10.2 Å². The van der Waals surface area contributed by atoms with Crippen LogP contribution in [0.25, 0.3) is 0 Å². The third-order valence-electron chi connectivity index (χ3n) is 4.05. The lowest BCUT2D eigenvalue weighted by Crippen LogP contribution is -2.47. The summed E-state index contributed by atoms with van der Waals surface area (Å²) in [5.41, 5.74) is 0.231. The molecule has 2 heterocycles. The molecule has 24 heavy (non-hydrogen) atoms. The summed E-state index contributed by atoms with van der Waals surface area (Å²) in [5, 5.41) is 2.62. The molecular weight excluding hydrogens is 309 g/mol. The Morgan fingerprint density at radius 2 is 1.96 bits per heavy atom. The molecule has 0 unspecified atom stereocenters. The van der Waals surface area contributed by atoms with Crippen molar-refractivity contribution >= 4 is 17.4 Å². The molecule has 2 aromatic rings. The van der Waals surface area contributed by atoms with E-state index in [-0.39, 0.29) is 11.6 Å². The van der Waals surface area contributed by atoms with E-state index in [0.29, 0.717) is 13.0 Å². The molecule has 6 nitrogen and oxygen atoms in total. The number of carbonyl (C=O) groups excluding carboxylic acids is 1. The Labute approximate surface area is 140 Å². The minimum atomic E-state index is -0.413. The monoisotopic (exact) mass is 329 g/mol. The van der Waals surface area contributed by atoms with Crippen molar-refractivity contribution in [2.24, 2.45) is 0 Å². The van der Waals surface area contributed by atoms with Crippen LogP contribution in [-0.4, -0.2) is 53.5 Å². The Kier molecular flexibility index (Phi) is 5.32. The van der Waals surface area contributed by atoms with Crippen LogP contribution in [0.2, 0.25) is 0 Å². The molecular formula is C17H20FN5O. The number of amides is 1. The van der Waals surface area contributed by atoms with Crippen LogP contribution in [0.5, 0.6) is 0 Å². The van der Waals surface area contributed by atoms with Crippen molar-refractivity contribution < 1.29 is 9.18 Å². The first-order valence-corrected chi connectivity index (χ1v) is 8.00. The van der Waals surface area contributed by atoms with Gasteiger partial charge in [-0.1, -0.05) is 12.1 Å². The maximum atomic E-state index is 13.5. The molecule has 0 atom stereocenters. The molecule has 1 aliphatic rings. The topological polar surface area (TPSA) is 61.4 Å². The third-order valence-corrected chi connectivity index (χ3v) is 4.05. The van der Waals surface area contributed by atoms with Gasteiger partial charge in [0.1, 0.15) is 11.6 Å². The quantitative estimate of drug-likeness (QED) is 0.906. The molecule has 3 rings (SSSR count). The van der Waals surface area contributed by atoms with Crippen molar-refractivity contribution in [2.45, 2.75) is 6.42 Å². The SMILES string of the molecule is O=C(CCN1CCN(c2cnccn2)CC1)Nc1ccccc1F. The lowest BCUT2D eigenvalue weighted by Gasteiger charge is -2.35. The number of aromatic nitrogens is 2. The first kappa shape index (κ1) is 16.3. The van der Waals surface area contributed by atoms with Crippen molar-refractivity contribution in [1.82, 2.24) is 14.9 Å². The Balaban J connectivity index is 1.42. The van der Waals surface area contributed by atoms with Crippen molar-refractivity contribution in [3.63, 3.8) is 0 Å². The molecule has 1 aromatic heterocycles. The average Bonchev–Trinajstić information content (AvgIpc) is 2.63. The first-order chi connectivity index (χ1) is 11.7. The lowest BCUT2D eigenvalue weighted by atomic mass is 10.2. The molecule has 0 radical (unpaired) electrons. The second-order valence-corrected chi connectivity index (χ2v) is 5.67. The standard InChI is InChI=1S/C17H20FN5O/c18-14-3-1-2-4-15(14)21-17(24)5-8-22-9-11-23(12-10-22)16-13-19-6-7-20-16/h1-4,6-7,13H,5,8-12H2,(H,21,24). The minimum Gasteiger partial charge on any atom is -0.353 e. The molecule has 7 heteroatoms. The number of carbonyl (C=O) groups is 1. The van der Waals surface area contributed by atoms with Gasteiger partial charge in [0.25, 0.3) is 0 Å². The second-order valence-electron chi connectivity index (χ2n) is 5.67. The van der Waals surface area contributed by atoms with Gasteiger partial charge in [0, 0.05) is 51.5 Å². The van der Waals surface area contributed by atoms with Crippen molar-refractivity contribution in [1.29, 1.82) is 0 Å². The fourth-order valence-electron chi connectivity index (χ4n) is 2.69. The zero-order valence-electron chi connectivity index (χ0n) is 13.4. The number of anilines is 2. The molecule has 1 amide bonds. The Morgan fingerprint density at radius 3 is 2.67 bits per heavy atom. The smallest absolute Gasteiger partial charge is 0.225 e. The number of piperazine rings is 1.